The molecule has 4 nitrogen and oxygen atoms in total. The van der Waals surface area contributed by atoms with E-state index < -0.39 is 6.10 Å². The summed E-state index contributed by atoms with van der Waals surface area (Å²) < 4.78 is 5.34. The summed E-state index contributed by atoms with van der Waals surface area (Å²) in [7, 11) is 0. The molecule has 1 amide bonds. The van der Waals surface area contributed by atoms with Gasteiger partial charge in [-0.25, -0.2) is 0 Å². The highest BCUT2D eigenvalue weighted by Gasteiger charge is 2.24. The van der Waals surface area contributed by atoms with Crippen LogP contribution in [-0.2, 0) is 4.79 Å². The Morgan fingerprint density at radius 3 is 2.57 bits per heavy atom. The van der Waals surface area contributed by atoms with E-state index in [-0.39, 0.29) is 23.6 Å². The first-order valence-corrected chi connectivity index (χ1v) is 7.85. The van der Waals surface area contributed by atoms with E-state index in [1.807, 2.05) is 0 Å². The molecular formula is C14H16Cl3NO3. The van der Waals surface area contributed by atoms with Crippen LogP contribution < -0.4 is 10.1 Å². The molecule has 0 bridgehead atoms. The van der Waals surface area contributed by atoms with Gasteiger partial charge in [0.1, 0.15) is 5.75 Å². The molecule has 7 heteroatoms. The second-order valence-electron chi connectivity index (χ2n) is 5.01. The number of hydrogen-bond donors (Lipinski definition) is 2. The van der Waals surface area contributed by atoms with Crippen molar-refractivity contribution in [3.05, 3.63) is 27.2 Å². The molecule has 0 saturated heterocycles. The Balaban J connectivity index is 1.88. The predicted molar refractivity (Wildman–Crippen MR) is 83.4 cm³/mol. The number of rotatable bonds is 4. The molecule has 0 spiro atoms. The van der Waals surface area contributed by atoms with Gasteiger partial charge < -0.3 is 15.2 Å². The molecule has 1 fully saturated rings. The Labute approximate surface area is 138 Å². The van der Waals surface area contributed by atoms with Gasteiger partial charge in [0, 0.05) is 6.07 Å². The lowest BCUT2D eigenvalue weighted by Gasteiger charge is -2.28. The van der Waals surface area contributed by atoms with Crippen molar-refractivity contribution in [1.29, 1.82) is 0 Å². The fraction of sp³-hybridized carbons (Fsp3) is 0.500. The van der Waals surface area contributed by atoms with Crippen molar-refractivity contribution in [2.75, 3.05) is 6.61 Å². The lowest BCUT2D eigenvalue weighted by molar-refractivity contribution is -0.125. The number of aliphatic hydroxyl groups excluding tert-OH is 1. The van der Waals surface area contributed by atoms with Gasteiger partial charge in [-0.05, 0) is 18.9 Å². The first-order valence-electron chi connectivity index (χ1n) is 6.72. The average molecular weight is 353 g/mol. The van der Waals surface area contributed by atoms with Crippen LogP contribution >= 0.6 is 34.8 Å². The van der Waals surface area contributed by atoms with Crippen molar-refractivity contribution in [3.63, 3.8) is 0 Å². The molecule has 0 heterocycles. The van der Waals surface area contributed by atoms with Crippen molar-refractivity contribution in [3.8, 4) is 5.75 Å². The van der Waals surface area contributed by atoms with Gasteiger partial charge >= 0.3 is 0 Å². The number of ether oxygens (including phenoxy) is 1. The van der Waals surface area contributed by atoms with E-state index in [2.05, 4.69) is 5.32 Å². The van der Waals surface area contributed by atoms with E-state index in [1.54, 1.807) is 0 Å². The SMILES string of the molecule is O=C(COc1cc(Cl)c(Cl)cc1Cl)N[C@H]1CCCC[C@@H]1O. The molecule has 21 heavy (non-hydrogen) atoms. The number of amides is 1. The average Bonchev–Trinajstić information content (AvgIpc) is 2.44. The maximum atomic E-state index is 11.8. The Kier molecular flexibility index (Phi) is 5.99. The van der Waals surface area contributed by atoms with Gasteiger partial charge in [-0.15, -0.1) is 0 Å². The minimum atomic E-state index is -0.490. The lowest BCUT2D eigenvalue weighted by Crippen LogP contribution is -2.46. The molecule has 0 unspecified atom stereocenters. The smallest absolute Gasteiger partial charge is 0.258 e. The molecule has 116 valence electrons. The molecule has 1 aliphatic rings. The van der Waals surface area contributed by atoms with Crippen molar-refractivity contribution < 1.29 is 14.6 Å². The third-order valence-corrected chi connectivity index (χ3v) is 4.43. The molecule has 0 radical (unpaired) electrons. The van der Waals surface area contributed by atoms with Crippen LogP contribution in [0.4, 0.5) is 0 Å². The molecule has 1 aromatic rings. The number of nitrogens with one attached hydrogen (secondary N) is 1. The summed E-state index contributed by atoms with van der Waals surface area (Å²) >= 11 is 17.6. The predicted octanol–water partition coefficient (Wildman–Crippen LogP) is 3.45. The van der Waals surface area contributed by atoms with E-state index in [9.17, 15) is 9.90 Å². The molecule has 0 aromatic heterocycles. The van der Waals surface area contributed by atoms with Crippen LogP contribution in [-0.4, -0.2) is 29.8 Å². The molecule has 2 atom stereocenters. The van der Waals surface area contributed by atoms with E-state index in [0.717, 1.165) is 19.3 Å². The summed E-state index contributed by atoms with van der Waals surface area (Å²) in [5.41, 5.74) is 0. The molecule has 0 aliphatic heterocycles. The zero-order valence-electron chi connectivity index (χ0n) is 11.2. The minimum Gasteiger partial charge on any atom is -0.482 e. The topological polar surface area (TPSA) is 58.6 Å². The van der Waals surface area contributed by atoms with Crippen LogP contribution in [0, 0.1) is 0 Å². The monoisotopic (exact) mass is 351 g/mol. The van der Waals surface area contributed by atoms with Gasteiger partial charge in [-0.1, -0.05) is 47.6 Å². The number of halogens is 3. The Hall–Kier alpha value is -0.680. The maximum absolute atomic E-state index is 11.8. The van der Waals surface area contributed by atoms with E-state index in [4.69, 9.17) is 39.5 Å². The summed E-state index contributed by atoms with van der Waals surface area (Å²) in [5, 5.41) is 13.5. The standard InChI is InChI=1S/C14H16Cl3NO3/c15-8-5-10(17)13(6-9(8)16)21-7-14(20)18-11-3-1-2-4-12(11)19/h5-6,11-12,19H,1-4,7H2,(H,18,20)/t11-,12-/m0/s1. The Morgan fingerprint density at radius 2 is 1.86 bits per heavy atom. The molecule has 2 rings (SSSR count). The second kappa shape index (κ2) is 7.54. The molecule has 1 saturated carbocycles. The van der Waals surface area contributed by atoms with Crippen LogP contribution in [0.1, 0.15) is 25.7 Å². The van der Waals surface area contributed by atoms with Gasteiger partial charge in [0.15, 0.2) is 6.61 Å². The number of aliphatic hydroxyl groups is 1. The van der Waals surface area contributed by atoms with Gasteiger partial charge in [0.05, 0.1) is 27.2 Å². The van der Waals surface area contributed by atoms with Crippen molar-refractivity contribution in [2.24, 2.45) is 0 Å². The molecule has 1 aliphatic carbocycles. The third kappa shape index (κ3) is 4.65. The first kappa shape index (κ1) is 16.7. The van der Waals surface area contributed by atoms with E-state index in [0.29, 0.717) is 22.2 Å². The van der Waals surface area contributed by atoms with Gasteiger partial charge in [-0.2, -0.15) is 0 Å². The summed E-state index contributed by atoms with van der Waals surface area (Å²) in [5.74, 6) is -0.00602. The zero-order valence-corrected chi connectivity index (χ0v) is 13.5. The summed E-state index contributed by atoms with van der Waals surface area (Å²) in [6, 6.07) is 2.72. The highest BCUT2D eigenvalue weighted by atomic mass is 35.5. The number of benzene rings is 1. The number of carbonyl (C=O) groups is 1. The van der Waals surface area contributed by atoms with E-state index >= 15 is 0 Å². The second-order valence-corrected chi connectivity index (χ2v) is 6.23. The first-order chi connectivity index (χ1) is 9.97. The Morgan fingerprint density at radius 1 is 1.19 bits per heavy atom. The molecule has 2 N–H and O–H groups in total. The fourth-order valence-corrected chi connectivity index (χ4v) is 2.88. The van der Waals surface area contributed by atoms with Gasteiger partial charge in [0.25, 0.3) is 5.91 Å². The van der Waals surface area contributed by atoms with Crippen molar-refractivity contribution in [2.45, 2.75) is 37.8 Å². The quantitative estimate of drug-likeness (QED) is 0.816. The lowest BCUT2D eigenvalue weighted by atomic mass is 9.92. The van der Waals surface area contributed by atoms with E-state index in [1.165, 1.54) is 12.1 Å². The number of hydrogen-bond acceptors (Lipinski definition) is 3. The zero-order chi connectivity index (χ0) is 15.4. The molecular weight excluding hydrogens is 337 g/mol. The van der Waals surface area contributed by atoms with Gasteiger partial charge in [0.2, 0.25) is 0 Å². The Bertz CT molecular complexity index is 524. The minimum absolute atomic E-state index is 0.194. The van der Waals surface area contributed by atoms with Crippen molar-refractivity contribution in [1.82, 2.24) is 5.32 Å². The summed E-state index contributed by atoms with van der Waals surface area (Å²) in [6.45, 7) is -0.194. The maximum Gasteiger partial charge on any atom is 0.258 e. The summed E-state index contributed by atoms with van der Waals surface area (Å²) in [6.07, 6.45) is 2.99. The highest BCUT2D eigenvalue weighted by Crippen LogP contribution is 2.33. The van der Waals surface area contributed by atoms with Crippen LogP contribution in [0.15, 0.2) is 12.1 Å². The molecule has 1 aromatic carbocycles. The van der Waals surface area contributed by atoms with Gasteiger partial charge in [-0.3, -0.25) is 4.79 Å². The van der Waals surface area contributed by atoms with Crippen LogP contribution in [0.2, 0.25) is 15.1 Å². The summed E-state index contributed by atoms with van der Waals surface area (Å²) in [4.78, 5) is 11.8. The van der Waals surface area contributed by atoms with Crippen LogP contribution in [0.25, 0.3) is 0 Å². The fourth-order valence-electron chi connectivity index (χ4n) is 2.29. The highest BCUT2D eigenvalue weighted by molar-refractivity contribution is 6.43. The van der Waals surface area contributed by atoms with Crippen LogP contribution in [0.5, 0.6) is 5.75 Å². The van der Waals surface area contributed by atoms with Crippen LogP contribution in [0.3, 0.4) is 0 Å². The largest absolute Gasteiger partial charge is 0.482 e. The third-order valence-electron chi connectivity index (χ3n) is 3.41. The van der Waals surface area contributed by atoms with Crippen molar-refractivity contribution >= 4 is 40.7 Å². The number of carbonyl (C=O) groups excluding carboxylic acids is 1. The normalized spacial score (nSPS) is 21.9.